The van der Waals surface area contributed by atoms with Crippen molar-refractivity contribution in [3.8, 4) is 5.75 Å². The van der Waals surface area contributed by atoms with E-state index in [2.05, 4.69) is 5.32 Å². The smallest absolute Gasteiger partial charge is 0.414 e. The number of anilines is 2. The molecule has 172 valence electrons. The zero-order valence-electron chi connectivity index (χ0n) is 17.9. The van der Waals surface area contributed by atoms with E-state index in [0.29, 0.717) is 23.7 Å². The molecule has 1 amide bonds. The number of piperazine rings is 1. The maximum Gasteiger partial charge on any atom is 0.414 e. The molecule has 0 bridgehead atoms. The lowest BCUT2D eigenvalue weighted by Crippen LogP contribution is -2.43. The molecule has 0 radical (unpaired) electrons. The van der Waals surface area contributed by atoms with Gasteiger partial charge in [0.15, 0.2) is 6.61 Å². The van der Waals surface area contributed by atoms with E-state index in [4.69, 9.17) is 21.1 Å². The molecule has 0 aromatic heterocycles. The normalized spacial score (nSPS) is 18.0. The van der Waals surface area contributed by atoms with Gasteiger partial charge in [-0.2, -0.15) is 0 Å². The number of carbonyl (C=O) groups excluding carboxylic acids is 2. The summed E-state index contributed by atoms with van der Waals surface area (Å²) in [4.78, 5) is 25.6. The molecule has 2 fully saturated rings. The van der Waals surface area contributed by atoms with Crippen molar-refractivity contribution in [3.05, 3.63) is 54.3 Å². The van der Waals surface area contributed by atoms with Gasteiger partial charge in [-0.1, -0.05) is 25.1 Å². The third-order valence-electron chi connectivity index (χ3n) is 5.13. The Morgan fingerprint density at radius 3 is 2.53 bits per heavy atom. The largest absolute Gasteiger partial charge is 0.484 e. The molecule has 2 aliphatic rings. The monoisotopic (exact) mass is 463 g/mol. The van der Waals surface area contributed by atoms with E-state index in [-0.39, 0.29) is 18.5 Å². The highest BCUT2D eigenvalue weighted by atomic mass is 35.5. The summed E-state index contributed by atoms with van der Waals surface area (Å²) in [6.07, 6.45) is 0.272. The fraction of sp³-hybridized carbons (Fsp3) is 0.391. The quantitative estimate of drug-likeness (QED) is 0.657. The van der Waals surface area contributed by atoms with Crippen LogP contribution in [-0.4, -0.2) is 56.8 Å². The van der Waals surface area contributed by atoms with Crippen molar-refractivity contribution in [1.82, 2.24) is 5.32 Å². The number of ether oxygens (including phenoxy) is 2. The van der Waals surface area contributed by atoms with Crippen LogP contribution in [0.25, 0.3) is 0 Å². The molecule has 1 N–H and O–H groups in total. The molecular weight excluding hydrogens is 437 g/mol. The van der Waals surface area contributed by atoms with E-state index in [1.807, 2.05) is 30.0 Å². The molecule has 9 heteroatoms. The van der Waals surface area contributed by atoms with Gasteiger partial charge in [0.05, 0.1) is 17.9 Å². The third-order valence-corrected chi connectivity index (χ3v) is 5.23. The number of halogens is 2. The Morgan fingerprint density at radius 2 is 1.94 bits per heavy atom. The van der Waals surface area contributed by atoms with E-state index in [1.165, 1.54) is 11.0 Å². The zero-order valence-corrected chi connectivity index (χ0v) is 18.7. The summed E-state index contributed by atoms with van der Waals surface area (Å²) >= 11 is 5.06. The summed E-state index contributed by atoms with van der Waals surface area (Å²) < 4.78 is 24.5. The Morgan fingerprint density at radius 1 is 1.22 bits per heavy atom. The summed E-state index contributed by atoms with van der Waals surface area (Å²) in [6.45, 7) is 5.68. The molecule has 0 unspecified atom stereocenters. The first-order chi connectivity index (χ1) is 15.5. The van der Waals surface area contributed by atoms with E-state index in [9.17, 15) is 14.0 Å². The van der Waals surface area contributed by atoms with Crippen molar-refractivity contribution >= 4 is 34.3 Å². The molecule has 1 atom stereocenters. The van der Waals surface area contributed by atoms with E-state index >= 15 is 0 Å². The molecule has 7 nitrogen and oxygen atoms in total. The second-order valence-corrected chi connectivity index (χ2v) is 7.78. The zero-order chi connectivity index (χ0) is 22.9. The fourth-order valence-electron chi connectivity index (χ4n) is 3.43. The van der Waals surface area contributed by atoms with Crippen molar-refractivity contribution in [2.24, 2.45) is 0 Å². The van der Waals surface area contributed by atoms with Crippen molar-refractivity contribution in [2.75, 3.05) is 49.1 Å². The molecule has 0 spiro atoms. The van der Waals surface area contributed by atoms with Crippen molar-refractivity contribution < 1.29 is 23.5 Å². The minimum absolute atomic E-state index is 0.0778. The summed E-state index contributed by atoms with van der Waals surface area (Å²) in [5, 5.41) is 2.75. The summed E-state index contributed by atoms with van der Waals surface area (Å²) in [7, 11) is 0. The topological polar surface area (TPSA) is 71.1 Å². The highest BCUT2D eigenvalue weighted by molar-refractivity contribution is 6.63. The second-order valence-electron chi connectivity index (χ2n) is 7.35. The molecule has 2 heterocycles. The molecule has 0 saturated carbocycles. The number of nitrogens with one attached hydrogen (secondary N) is 1. The lowest BCUT2D eigenvalue weighted by Gasteiger charge is -2.30. The highest BCUT2D eigenvalue weighted by Crippen LogP contribution is 2.28. The Hall–Kier alpha value is -2.84. The van der Waals surface area contributed by atoms with Crippen LogP contribution in [0.3, 0.4) is 0 Å². The number of para-hydroxylation sites is 1. The van der Waals surface area contributed by atoms with Gasteiger partial charge in [-0.05, 0) is 48.4 Å². The Bertz CT molecular complexity index is 909. The van der Waals surface area contributed by atoms with Crippen molar-refractivity contribution in [3.63, 3.8) is 0 Å². The third kappa shape index (κ3) is 6.58. The first-order valence-electron chi connectivity index (χ1n) is 10.6. The van der Waals surface area contributed by atoms with E-state index < -0.39 is 11.3 Å². The van der Waals surface area contributed by atoms with Crippen molar-refractivity contribution in [2.45, 2.75) is 19.4 Å². The molecule has 2 aromatic rings. The molecule has 4 rings (SSSR count). The highest BCUT2D eigenvalue weighted by Gasteiger charge is 2.31. The molecule has 32 heavy (non-hydrogen) atoms. The van der Waals surface area contributed by atoms with Crippen LogP contribution >= 0.6 is 11.6 Å². The maximum atomic E-state index is 14.4. The molecule has 2 saturated heterocycles. The van der Waals surface area contributed by atoms with Gasteiger partial charge in [0.2, 0.25) is 0 Å². The number of nitrogens with zero attached hydrogens (tertiary/aromatic N) is 2. The van der Waals surface area contributed by atoms with Gasteiger partial charge in [-0.3, -0.25) is 9.69 Å². The van der Waals surface area contributed by atoms with E-state index in [1.54, 1.807) is 24.3 Å². The predicted octanol–water partition coefficient (Wildman–Crippen LogP) is 3.80. The fourth-order valence-corrected chi connectivity index (χ4v) is 3.48. The van der Waals surface area contributed by atoms with Gasteiger partial charge in [-0.25, -0.2) is 9.18 Å². The van der Waals surface area contributed by atoms with Gasteiger partial charge in [0, 0.05) is 26.2 Å². The Labute approximate surface area is 192 Å². The van der Waals surface area contributed by atoms with Crippen LogP contribution in [0.15, 0.2) is 48.5 Å². The number of benzene rings is 2. The molecule has 2 aromatic carbocycles. The van der Waals surface area contributed by atoms with Crippen LogP contribution in [-0.2, 0) is 9.53 Å². The number of hydrogen-bond acceptors (Lipinski definition) is 6. The lowest BCUT2D eigenvalue weighted by atomic mass is 10.2. The second kappa shape index (κ2) is 11.7. The molecule has 2 aliphatic heterocycles. The van der Waals surface area contributed by atoms with Crippen LogP contribution in [0.5, 0.6) is 5.75 Å². The van der Waals surface area contributed by atoms with Crippen molar-refractivity contribution in [1.29, 1.82) is 0 Å². The summed E-state index contributed by atoms with van der Waals surface area (Å²) in [6, 6.07) is 14.0. The van der Waals surface area contributed by atoms with Crippen LogP contribution < -0.4 is 19.9 Å². The first-order valence-corrected chi connectivity index (χ1v) is 10.9. The maximum absolute atomic E-state index is 14.4. The summed E-state index contributed by atoms with van der Waals surface area (Å²) in [5.74, 6) is 0.364. The minimum atomic E-state index is -0.492. The predicted molar refractivity (Wildman–Crippen MR) is 122 cm³/mol. The average molecular weight is 464 g/mol. The minimum Gasteiger partial charge on any atom is -0.484 e. The number of amides is 1. The Balaban J connectivity index is 0.000000222. The van der Waals surface area contributed by atoms with Gasteiger partial charge in [0.1, 0.15) is 17.7 Å². The summed E-state index contributed by atoms with van der Waals surface area (Å²) in [5.41, 5.74) is 1.16. The number of hydrogen-bond donors (Lipinski definition) is 1. The standard InChI is InChI=1S/C15H20FN3O2.C8H7ClO2/c1-2-12-10-19(15(20)21-12)11-3-4-14(13(16)9-11)18-7-5-17-6-8-18;9-8(10)6-11-7-4-2-1-3-5-7/h3-4,9,12,17H,2,5-8,10H2,1H3;1-5H,6H2/t12-;/m0./s1. The van der Waals surface area contributed by atoms with Gasteiger partial charge >= 0.3 is 6.09 Å². The van der Waals surface area contributed by atoms with Crippen LogP contribution in [0.4, 0.5) is 20.6 Å². The molecule has 0 aliphatic carbocycles. The number of rotatable bonds is 6. The lowest BCUT2D eigenvalue weighted by molar-refractivity contribution is -0.113. The Kier molecular flexibility index (Phi) is 8.70. The SMILES string of the molecule is CC[C@H]1CN(c2ccc(N3CCNCC3)c(F)c2)C(=O)O1.O=C(Cl)COc1ccccc1. The number of cyclic esters (lactones) is 1. The van der Waals surface area contributed by atoms with Crippen LogP contribution in [0.1, 0.15) is 13.3 Å². The number of carbonyl (C=O) groups is 2. The van der Waals surface area contributed by atoms with Crippen LogP contribution in [0, 0.1) is 5.82 Å². The van der Waals surface area contributed by atoms with Crippen LogP contribution in [0.2, 0.25) is 0 Å². The van der Waals surface area contributed by atoms with Gasteiger partial charge in [0.25, 0.3) is 5.24 Å². The first kappa shape index (κ1) is 23.8. The molecular formula is C23H27ClFN3O4. The van der Waals surface area contributed by atoms with E-state index in [0.717, 1.165) is 32.6 Å². The average Bonchev–Trinajstić information content (AvgIpc) is 3.20. The van der Waals surface area contributed by atoms with Gasteiger partial charge < -0.3 is 19.7 Å². The van der Waals surface area contributed by atoms with Gasteiger partial charge in [-0.15, -0.1) is 0 Å².